The summed E-state index contributed by atoms with van der Waals surface area (Å²) in [5.41, 5.74) is 3.77. The quantitative estimate of drug-likeness (QED) is 0.852. The summed E-state index contributed by atoms with van der Waals surface area (Å²) < 4.78 is 4.88. The fraction of sp³-hybridized carbons (Fsp3) is 0.308. The van der Waals surface area contributed by atoms with Crippen LogP contribution in [0.25, 0.3) is 0 Å². The van der Waals surface area contributed by atoms with Crippen LogP contribution < -0.4 is 10.2 Å². The van der Waals surface area contributed by atoms with Crippen LogP contribution in [0, 0.1) is 0 Å². The Balaban J connectivity index is 1.89. The van der Waals surface area contributed by atoms with Gasteiger partial charge in [0.1, 0.15) is 6.26 Å². The summed E-state index contributed by atoms with van der Waals surface area (Å²) in [5, 5.41) is 7.18. The van der Waals surface area contributed by atoms with E-state index in [1.165, 1.54) is 11.3 Å². The minimum absolute atomic E-state index is 0.849. The molecule has 4 nitrogen and oxygen atoms in total. The first-order valence-electron chi connectivity index (χ1n) is 5.85. The Bertz CT molecular complexity index is 481. The molecule has 0 unspecified atom stereocenters. The zero-order valence-corrected chi connectivity index (χ0v) is 9.60. The van der Waals surface area contributed by atoms with Gasteiger partial charge in [0.15, 0.2) is 0 Å². The summed E-state index contributed by atoms with van der Waals surface area (Å²) in [5.74, 6) is 0. The van der Waals surface area contributed by atoms with Gasteiger partial charge in [-0.15, -0.1) is 0 Å². The number of fused-ring (bicyclic) bond motifs is 1. The molecule has 0 radical (unpaired) electrons. The minimum atomic E-state index is 0.849. The van der Waals surface area contributed by atoms with Crippen LogP contribution in [0.1, 0.15) is 11.1 Å². The third-order valence-corrected chi connectivity index (χ3v) is 3.06. The maximum Gasteiger partial charge on any atom is 0.128 e. The first kappa shape index (κ1) is 10.4. The number of hydrogen-bond acceptors (Lipinski definition) is 4. The van der Waals surface area contributed by atoms with Crippen LogP contribution in [0.3, 0.4) is 0 Å². The lowest BCUT2D eigenvalue weighted by Crippen LogP contribution is -2.28. The topological polar surface area (TPSA) is 41.3 Å². The van der Waals surface area contributed by atoms with Gasteiger partial charge in [0, 0.05) is 37.4 Å². The normalized spacial score (nSPS) is 15.4. The number of hydrogen-bond donors (Lipinski definition) is 1. The minimum Gasteiger partial charge on any atom is -0.365 e. The molecule has 0 atom stereocenters. The van der Waals surface area contributed by atoms with Crippen LogP contribution in [0.2, 0.25) is 0 Å². The fourth-order valence-corrected chi connectivity index (χ4v) is 2.22. The second-order valence-electron chi connectivity index (χ2n) is 4.26. The maximum atomic E-state index is 4.88. The molecule has 2 aromatic rings. The third kappa shape index (κ3) is 2.17. The second-order valence-corrected chi connectivity index (χ2v) is 4.26. The van der Waals surface area contributed by atoms with Gasteiger partial charge in [0.05, 0.1) is 6.20 Å². The van der Waals surface area contributed by atoms with E-state index < -0.39 is 0 Å². The van der Waals surface area contributed by atoms with E-state index >= 15 is 0 Å². The van der Waals surface area contributed by atoms with Crippen LogP contribution in [-0.2, 0) is 13.1 Å². The smallest absolute Gasteiger partial charge is 0.128 e. The average molecular weight is 229 g/mol. The van der Waals surface area contributed by atoms with E-state index in [-0.39, 0.29) is 0 Å². The van der Waals surface area contributed by atoms with Gasteiger partial charge in [-0.1, -0.05) is 23.4 Å². The van der Waals surface area contributed by atoms with E-state index in [4.69, 9.17) is 4.52 Å². The average Bonchev–Trinajstić information content (AvgIpc) is 2.78. The van der Waals surface area contributed by atoms with E-state index in [1.807, 2.05) is 0 Å². The molecule has 0 fully saturated rings. The molecule has 88 valence electrons. The van der Waals surface area contributed by atoms with Crippen LogP contribution in [0.5, 0.6) is 0 Å². The van der Waals surface area contributed by atoms with Crippen molar-refractivity contribution in [2.45, 2.75) is 13.1 Å². The van der Waals surface area contributed by atoms with Gasteiger partial charge in [-0.3, -0.25) is 0 Å². The van der Waals surface area contributed by atoms with E-state index in [2.05, 4.69) is 39.6 Å². The number of benzene rings is 1. The highest BCUT2D eigenvalue weighted by atomic mass is 16.5. The van der Waals surface area contributed by atoms with Gasteiger partial charge in [-0.05, 0) is 11.6 Å². The predicted molar refractivity (Wildman–Crippen MR) is 65.7 cm³/mol. The molecule has 1 aliphatic heterocycles. The lowest BCUT2D eigenvalue weighted by molar-refractivity contribution is 0.419. The Morgan fingerprint density at radius 3 is 3.18 bits per heavy atom. The Morgan fingerprint density at radius 1 is 1.35 bits per heavy atom. The number of anilines is 1. The Kier molecular flexibility index (Phi) is 2.80. The van der Waals surface area contributed by atoms with E-state index in [0.717, 1.165) is 31.7 Å². The van der Waals surface area contributed by atoms with E-state index in [9.17, 15) is 0 Å². The lowest BCUT2D eigenvalue weighted by atomic mass is 10.1. The number of nitrogens with zero attached hydrogens (tertiary/aromatic N) is 2. The molecule has 0 amide bonds. The first-order valence-corrected chi connectivity index (χ1v) is 5.85. The lowest BCUT2D eigenvalue weighted by Gasteiger charge is -2.23. The number of nitrogens with one attached hydrogen (secondary N) is 1. The molecule has 1 N–H and O–H groups in total. The molecule has 0 bridgehead atoms. The van der Waals surface area contributed by atoms with E-state index in [1.54, 1.807) is 12.5 Å². The Morgan fingerprint density at radius 2 is 2.29 bits per heavy atom. The van der Waals surface area contributed by atoms with Gasteiger partial charge < -0.3 is 14.7 Å². The van der Waals surface area contributed by atoms with Crippen LogP contribution >= 0.6 is 0 Å². The summed E-state index contributed by atoms with van der Waals surface area (Å²) in [6.07, 6.45) is 3.49. The monoisotopic (exact) mass is 229 g/mol. The van der Waals surface area contributed by atoms with Gasteiger partial charge in [0.25, 0.3) is 0 Å². The summed E-state index contributed by atoms with van der Waals surface area (Å²) >= 11 is 0. The molecule has 0 spiro atoms. The molecular formula is C13H15N3O. The summed E-state index contributed by atoms with van der Waals surface area (Å²) in [6, 6.07) is 8.53. The largest absolute Gasteiger partial charge is 0.365 e. The van der Waals surface area contributed by atoms with Gasteiger partial charge >= 0.3 is 0 Å². The van der Waals surface area contributed by atoms with Crippen molar-refractivity contribution in [2.24, 2.45) is 0 Å². The molecule has 1 aromatic carbocycles. The van der Waals surface area contributed by atoms with Crippen molar-refractivity contribution in [1.29, 1.82) is 0 Å². The maximum absolute atomic E-state index is 4.88. The third-order valence-electron chi connectivity index (χ3n) is 3.06. The fourth-order valence-electron chi connectivity index (χ4n) is 2.22. The van der Waals surface area contributed by atoms with Crippen molar-refractivity contribution < 1.29 is 4.52 Å². The molecule has 0 aliphatic carbocycles. The second kappa shape index (κ2) is 4.59. The summed E-state index contributed by atoms with van der Waals surface area (Å²) in [6.45, 7) is 3.79. The van der Waals surface area contributed by atoms with E-state index in [0.29, 0.717) is 0 Å². The number of para-hydroxylation sites is 1. The molecule has 1 aromatic heterocycles. The van der Waals surface area contributed by atoms with Crippen molar-refractivity contribution in [3.63, 3.8) is 0 Å². The summed E-state index contributed by atoms with van der Waals surface area (Å²) in [4.78, 5) is 2.36. The van der Waals surface area contributed by atoms with Crippen LogP contribution in [0.4, 0.5) is 5.69 Å². The standard InChI is InChI=1S/C13H15N3O/c1-2-4-13-12(3-1)8-14-5-6-16(13)9-11-7-15-17-10-11/h1-4,7,10,14H,5-6,8-9H2. The summed E-state index contributed by atoms with van der Waals surface area (Å²) in [7, 11) is 0. The Hall–Kier alpha value is -1.81. The van der Waals surface area contributed by atoms with Crippen molar-refractivity contribution in [3.05, 3.63) is 47.9 Å². The van der Waals surface area contributed by atoms with Crippen molar-refractivity contribution >= 4 is 5.69 Å². The van der Waals surface area contributed by atoms with Gasteiger partial charge in [-0.25, -0.2) is 0 Å². The highest BCUT2D eigenvalue weighted by Gasteiger charge is 2.14. The first-order chi connectivity index (χ1) is 8.43. The molecular weight excluding hydrogens is 214 g/mol. The highest BCUT2D eigenvalue weighted by Crippen LogP contribution is 2.23. The molecule has 3 rings (SSSR count). The van der Waals surface area contributed by atoms with Crippen molar-refractivity contribution in [1.82, 2.24) is 10.5 Å². The highest BCUT2D eigenvalue weighted by molar-refractivity contribution is 5.54. The van der Waals surface area contributed by atoms with Crippen LogP contribution in [0.15, 0.2) is 41.2 Å². The molecule has 4 heteroatoms. The van der Waals surface area contributed by atoms with Crippen molar-refractivity contribution in [3.8, 4) is 0 Å². The molecule has 0 saturated carbocycles. The zero-order chi connectivity index (χ0) is 11.5. The van der Waals surface area contributed by atoms with Crippen LogP contribution in [-0.4, -0.2) is 18.2 Å². The Labute approximate surface area is 100 Å². The SMILES string of the molecule is c1ccc2c(c1)CNCCN2Cc1cnoc1. The number of aromatic nitrogens is 1. The van der Waals surface area contributed by atoms with Gasteiger partial charge in [-0.2, -0.15) is 0 Å². The molecule has 0 saturated heterocycles. The zero-order valence-electron chi connectivity index (χ0n) is 9.60. The molecule has 17 heavy (non-hydrogen) atoms. The predicted octanol–water partition coefficient (Wildman–Crippen LogP) is 1.78. The van der Waals surface area contributed by atoms with Crippen molar-refractivity contribution in [2.75, 3.05) is 18.0 Å². The molecule has 1 aliphatic rings. The number of rotatable bonds is 2. The molecule has 2 heterocycles. The van der Waals surface area contributed by atoms with Gasteiger partial charge in [0.2, 0.25) is 0 Å².